The molecule has 1 heterocycles. The fourth-order valence-corrected chi connectivity index (χ4v) is 1.76. The molecule has 7 heteroatoms. The van der Waals surface area contributed by atoms with Gasteiger partial charge in [-0.1, -0.05) is 0 Å². The zero-order chi connectivity index (χ0) is 14.0. The zero-order valence-electron chi connectivity index (χ0n) is 10.0. The van der Waals surface area contributed by atoms with E-state index in [9.17, 15) is 14.9 Å². The van der Waals surface area contributed by atoms with Crippen LogP contribution in [0.3, 0.4) is 0 Å². The molecule has 1 atom stereocenters. The smallest absolute Gasteiger partial charge is 0.325 e. The number of aliphatic carboxylic acids is 1. The molecule has 0 fully saturated rings. The van der Waals surface area contributed by atoms with E-state index in [1.165, 1.54) is 31.5 Å². The first-order chi connectivity index (χ1) is 9.00. The molecule has 2 rings (SSSR count). The summed E-state index contributed by atoms with van der Waals surface area (Å²) < 4.78 is 0. The van der Waals surface area contributed by atoms with Crippen molar-refractivity contribution in [1.82, 2.24) is 4.98 Å². The number of non-ortho nitro benzene ring substituents is 1. The van der Waals surface area contributed by atoms with Gasteiger partial charge in [-0.2, -0.15) is 0 Å². The monoisotopic (exact) mass is 261 g/mol. The minimum atomic E-state index is -0.999. The molecule has 1 aromatic carbocycles. The second-order valence-corrected chi connectivity index (χ2v) is 4.01. The van der Waals surface area contributed by atoms with Gasteiger partial charge in [0, 0.05) is 29.5 Å². The highest BCUT2D eigenvalue weighted by atomic mass is 16.6. The fraction of sp³-hybridized carbons (Fsp3) is 0.167. The summed E-state index contributed by atoms with van der Waals surface area (Å²) in [6.45, 7) is 1.50. The normalized spacial score (nSPS) is 12.1. The van der Waals surface area contributed by atoms with Gasteiger partial charge in [0.25, 0.3) is 5.69 Å². The van der Waals surface area contributed by atoms with Crippen LogP contribution in [0.5, 0.6) is 0 Å². The van der Waals surface area contributed by atoms with Gasteiger partial charge in [-0.05, 0) is 19.1 Å². The highest BCUT2D eigenvalue weighted by Gasteiger charge is 2.17. The number of pyridine rings is 1. The third-order valence-electron chi connectivity index (χ3n) is 2.73. The summed E-state index contributed by atoms with van der Waals surface area (Å²) in [6, 6.07) is 3.65. The standard InChI is InChI=1S/C12H11N3O4/c1-7(12(16)17)14-10-2-3-11(15(18)19)9-6-13-5-4-8(9)10/h2-7,14H,1H3,(H,16,17). The van der Waals surface area contributed by atoms with E-state index < -0.39 is 16.9 Å². The lowest BCUT2D eigenvalue weighted by atomic mass is 10.1. The Morgan fingerprint density at radius 3 is 2.79 bits per heavy atom. The Morgan fingerprint density at radius 1 is 1.42 bits per heavy atom. The van der Waals surface area contributed by atoms with Crippen LogP contribution in [0.25, 0.3) is 10.8 Å². The van der Waals surface area contributed by atoms with Crippen LogP contribution in [0.1, 0.15) is 6.92 Å². The van der Waals surface area contributed by atoms with Crippen LogP contribution in [0, 0.1) is 10.1 Å². The van der Waals surface area contributed by atoms with Crippen molar-refractivity contribution in [1.29, 1.82) is 0 Å². The van der Waals surface area contributed by atoms with Gasteiger partial charge in [-0.25, -0.2) is 0 Å². The van der Waals surface area contributed by atoms with E-state index in [-0.39, 0.29) is 5.69 Å². The predicted molar refractivity (Wildman–Crippen MR) is 69.1 cm³/mol. The first-order valence-electron chi connectivity index (χ1n) is 5.51. The number of rotatable bonds is 4. The largest absolute Gasteiger partial charge is 0.480 e. The van der Waals surface area contributed by atoms with Crippen LogP contribution in [0.4, 0.5) is 11.4 Å². The van der Waals surface area contributed by atoms with Crippen LogP contribution in [0.2, 0.25) is 0 Å². The number of carbonyl (C=O) groups is 1. The molecule has 0 spiro atoms. The van der Waals surface area contributed by atoms with Crippen LogP contribution in [0.15, 0.2) is 30.6 Å². The summed E-state index contributed by atoms with van der Waals surface area (Å²) in [5.74, 6) is -0.999. The summed E-state index contributed by atoms with van der Waals surface area (Å²) >= 11 is 0. The maximum atomic E-state index is 10.9. The topological polar surface area (TPSA) is 105 Å². The van der Waals surface area contributed by atoms with Crippen molar-refractivity contribution in [3.8, 4) is 0 Å². The lowest BCUT2D eigenvalue weighted by molar-refractivity contribution is -0.383. The van der Waals surface area contributed by atoms with Crippen molar-refractivity contribution in [2.75, 3.05) is 5.32 Å². The van der Waals surface area contributed by atoms with Crippen LogP contribution >= 0.6 is 0 Å². The number of hydrogen-bond acceptors (Lipinski definition) is 5. The van der Waals surface area contributed by atoms with Crippen molar-refractivity contribution in [3.05, 3.63) is 40.7 Å². The molecule has 98 valence electrons. The third-order valence-corrected chi connectivity index (χ3v) is 2.73. The van der Waals surface area contributed by atoms with Crippen molar-refractivity contribution >= 4 is 28.1 Å². The fourth-order valence-electron chi connectivity index (χ4n) is 1.76. The van der Waals surface area contributed by atoms with E-state index in [1.54, 1.807) is 6.07 Å². The van der Waals surface area contributed by atoms with Gasteiger partial charge < -0.3 is 10.4 Å². The first-order valence-corrected chi connectivity index (χ1v) is 5.51. The van der Waals surface area contributed by atoms with E-state index in [4.69, 9.17) is 5.11 Å². The Balaban J connectivity index is 2.55. The molecule has 19 heavy (non-hydrogen) atoms. The summed E-state index contributed by atoms with van der Waals surface area (Å²) in [5.41, 5.74) is 0.467. The molecule has 0 saturated heterocycles. The number of benzene rings is 1. The average molecular weight is 261 g/mol. The molecule has 7 nitrogen and oxygen atoms in total. The molecule has 0 aliphatic carbocycles. The van der Waals surface area contributed by atoms with E-state index in [0.29, 0.717) is 16.5 Å². The summed E-state index contributed by atoms with van der Waals surface area (Å²) in [4.78, 5) is 25.1. The number of aromatic nitrogens is 1. The van der Waals surface area contributed by atoms with Gasteiger partial charge in [0.1, 0.15) is 6.04 Å². The van der Waals surface area contributed by atoms with Gasteiger partial charge in [0.05, 0.1) is 10.3 Å². The molecule has 0 aliphatic rings. The molecule has 0 aliphatic heterocycles. The third kappa shape index (κ3) is 2.44. The van der Waals surface area contributed by atoms with Crippen molar-refractivity contribution in [3.63, 3.8) is 0 Å². The van der Waals surface area contributed by atoms with Gasteiger partial charge in [-0.3, -0.25) is 19.9 Å². The number of carboxylic acid groups (broad SMARTS) is 1. The minimum absolute atomic E-state index is 0.0587. The Morgan fingerprint density at radius 2 is 2.16 bits per heavy atom. The van der Waals surface area contributed by atoms with Crippen molar-refractivity contribution in [2.24, 2.45) is 0 Å². The van der Waals surface area contributed by atoms with Crippen molar-refractivity contribution in [2.45, 2.75) is 13.0 Å². The summed E-state index contributed by atoms with van der Waals surface area (Å²) in [7, 11) is 0. The average Bonchev–Trinajstić information content (AvgIpc) is 2.38. The number of carboxylic acids is 1. The summed E-state index contributed by atoms with van der Waals surface area (Å²) in [6.07, 6.45) is 2.90. The molecular formula is C12H11N3O4. The van der Waals surface area contributed by atoms with Gasteiger partial charge in [0.2, 0.25) is 0 Å². The molecule has 0 amide bonds. The molecule has 1 aromatic heterocycles. The molecule has 0 radical (unpaired) electrons. The lowest BCUT2D eigenvalue weighted by Gasteiger charge is -2.13. The zero-order valence-corrected chi connectivity index (χ0v) is 10.0. The molecule has 2 N–H and O–H groups in total. The molecule has 0 bridgehead atoms. The van der Waals surface area contributed by atoms with Gasteiger partial charge in [0.15, 0.2) is 0 Å². The number of hydrogen-bond donors (Lipinski definition) is 2. The SMILES string of the molecule is CC(Nc1ccc([N+](=O)[O-])c2cnccc12)C(=O)O. The van der Waals surface area contributed by atoms with Crippen LogP contribution in [-0.4, -0.2) is 27.0 Å². The number of nitro groups is 1. The number of fused-ring (bicyclic) bond motifs is 1. The maximum Gasteiger partial charge on any atom is 0.325 e. The highest BCUT2D eigenvalue weighted by molar-refractivity contribution is 5.99. The van der Waals surface area contributed by atoms with E-state index in [2.05, 4.69) is 10.3 Å². The predicted octanol–water partition coefficient (Wildman–Crippen LogP) is 2.03. The molecule has 2 aromatic rings. The Labute approximate surface area is 108 Å². The number of nitrogens with zero attached hydrogens (tertiary/aromatic N) is 2. The first kappa shape index (κ1) is 12.7. The van der Waals surface area contributed by atoms with Crippen molar-refractivity contribution < 1.29 is 14.8 Å². The molecule has 0 saturated carbocycles. The maximum absolute atomic E-state index is 10.9. The number of nitrogens with one attached hydrogen (secondary N) is 1. The van der Waals surface area contributed by atoms with Crippen LogP contribution in [-0.2, 0) is 4.79 Å². The molecular weight excluding hydrogens is 250 g/mol. The lowest BCUT2D eigenvalue weighted by Crippen LogP contribution is -2.25. The van der Waals surface area contributed by atoms with Gasteiger partial charge >= 0.3 is 5.97 Å². The minimum Gasteiger partial charge on any atom is -0.480 e. The second-order valence-electron chi connectivity index (χ2n) is 4.01. The van der Waals surface area contributed by atoms with E-state index in [0.717, 1.165) is 0 Å². The second kappa shape index (κ2) is 4.89. The number of nitro benzene ring substituents is 1. The van der Waals surface area contributed by atoms with Gasteiger partial charge in [-0.15, -0.1) is 0 Å². The van der Waals surface area contributed by atoms with E-state index >= 15 is 0 Å². The highest BCUT2D eigenvalue weighted by Crippen LogP contribution is 2.30. The Kier molecular flexibility index (Phi) is 3.28. The number of anilines is 1. The Hall–Kier alpha value is -2.70. The van der Waals surface area contributed by atoms with E-state index in [1.807, 2.05) is 0 Å². The Bertz CT molecular complexity index is 656. The quantitative estimate of drug-likeness (QED) is 0.644. The van der Waals surface area contributed by atoms with Crippen LogP contribution < -0.4 is 5.32 Å². The summed E-state index contributed by atoms with van der Waals surface area (Å²) in [5, 5.41) is 23.5. The molecule has 1 unspecified atom stereocenters.